The Kier molecular flexibility index (Phi) is 8.62. The number of nitrogens with two attached hydrogens (primary N) is 1. The van der Waals surface area contributed by atoms with Gasteiger partial charge in [0.25, 0.3) is 0 Å². The zero-order chi connectivity index (χ0) is 5.86. The van der Waals surface area contributed by atoms with Gasteiger partial charge in [0.1, 0.15) is 0 Å². The maximum absolute atomic E-state index is 10.0. The Morgan fingerprint density at radius 3 is 2.25 bits per heavy atom. The van der Waals surface area contributed by atoms with Crippen molar-refractivity contribution >= 4 is 48.1 Å². The van der Waals surface area contributed by atoms with Crippen LogP contribution in [0.15, 0.2) is 0 Å². The molecule has 1 amide bonds. The fourth-order valence-corrected chi connectivity index (χ4v) is 0.142. The fraction of sp³-hybridized carbons (Fsp3) is 0.500. The van der Waals surface area contributed by atoms with Crippen molar-refractivity contribution in [2.24, 2.45) is 5.73 Å². The molecule has 0 aromatic heterocycles. The summed E-state index contributed by atoms with van der Waals surface area (Å²) >= 11 is 3.79. The van der Waals surface area contributed by atoms with E-state index < -0.39 is 5.91 Å². The number of amides is 1. The molecule has 0 fully saturated rings. The molecule has 0 rings (SSSR count). The third-order valence-electron chi connectivity index (χ3n) is 0.602. The summed E-state index contributed by atoms with van der Waals surface area (Å²) in [5, 5.41) is -0.375. The van der Waals surface area contributed by atoms with Gasteiger partial charge < -0.3 is 5.73 Å². The van der Waals surface area contributed by atoms with Crippen LogP contribution in [-0.4, -0.2) is 40.7 Å². The Hall–Kier alpha value is 0.820. The Morgan fingerprint density at radius 1 is 1.88 bits per heavy atom. The molecule has 0 heterocycles. The first-order valence-electron chi connectivity index (χ1n) is 1.95. The van der Waals surface area contributed by atoms with Gasteiger partial charge >= 0.3 is 29.6 Å². The topological polar surface area (TPSA) is 43.1 Å². The molecule has 0 aromatic rings. The van der Waals surface area contributed by atoms with Crippen LogP contribution in [0.4, 0.5) is 0 Å². The van der Waals surface area contributed by atoms with Crippen LogP contribution < -0.4 is 5.73 Å². The third-order valence-corrected chi connectivity index (χ3v) is 1.11. The molecule has 1 unspecified atom stereocenters. The van der Waals surface area contributed by atoms with Gasteiger partial charge in [0.05, 0.1) is 5.25 Å². The van der Waals surface area contributed by atoms with E-state index in [4.69, 9.17) is 5.73 Å². The van der Waals surface area contributed by atoms with Crippen LogP contribution in [0.25, 0.3) is 0 Å². The zero-order valence-corrected chi connectivity index (χ0v) is 4.82. The van der Waals surface area contributed by atoms with Crippen molar-refractivity contribution in [3.05, 3.63) is 6.92 Å². The SMILES string of the molecule is [CH2]CC(S)C(N)=O.[NaH]. The van der Waals surface area contributed by atoms with Crippen molar-refractivity contribution < 1.29 is 4.79 Å². The van der Waals surface area contributed by atoms with E-state index in [0.29, 0.717) is 6.42 Å². The van der Waals surface area contributed by atoms with Crippen molar-refractivity contribution in [1.29, 1.82) is 0 Å². The van der Waals surface area contributed by atoms with Crippen molar-refractivity contribution in [2.75, 3.05) is 0 Å². The number of carbonyl (C=O) groups excluding carboxylic acids is 1. The van der Waals surface area contributed by atoms with Gasteiger partial charge in [0.15, 0.2) is 0 Å². The van der Waals surface area contributed by atoms with Crippen LogP contribution in [0.2, 0.25) is 0 Å². The summed E-state index contributed by atoms with van der Waals surface area (Å²) in [6, 6.07) is 0. The number of hydrogen-bond acceptors (Lipinski definition) is 2. The van der Waals surface area contributed by atoms with Crippen molar-refractivity contribution in [3.63, 3.8) is 0 Å². The van der Waals surface area contributed by atoms with E-state index in [0.717, 1.165) is 0 Å². The standard InChI is InChI=1S/C4H8NOS.Na.H/c1-2-3(7)4(5)6;;/h3,7H,1-2H2,(H2,5,6);;. The predicted molar refractivity (Wildman–Crippen MR) is 39.1 cm³/mol. The number of carbonyl (C=O) groups is 1. The summed E-state index contributed by atoms with van der Waals surface area (Å²) in [5.74, 6) is -0.404. The van der Waals surface area contributed by atoms with Gasteiger partial charge in [-0.2, -0.15) is 12.6 Å². The summed E-state index contributed by atoms with van der Waals surface area (Å²) in [4.78, 5) is 10.0. The number of hydrogen-bond donors (Lipinski definition) is 2. The van der Waals surface area contributed by atoms with Gasteiger partial charge in [0.2, 0.25) is 5.91 Å². The van der Waals surface area contributed by atoms with E-state index in [1.807, 2.05) is 0 Å². The minimum absolute atomic E-state index is 0. The molecule has 0 aliphatic carbocycles. The van der Waals surface area contributed by atoms with Crippen LogP contribution in [0.5, 0.6) is 0 Å². The molecule has 0 saturated heterocycles. The molecule has 0 bridgehead atoms. The van der Waals surface area contributed by atoms with Crippen LogP contribution in [0.1, 0.15) is 6.42 Å². The predicted octanol–water partition coefficient (Wildman–Crippen LogP) is -0.654. The summed E-state index contributed by atoms with van der Waals surface area (Å²) in [6.45, 7) is 3.43. The quantitative estimate of drug-likeness (QED) is 0.390. The third kappa shape index (κ3) is 4.97. The molecule has 4 heteroatoms. The van der Waals surface area contributed by atoms with Gasteiger partial charge in [0, 0.05) is 0 Å². The molecular formula is C4H9NNaOS. The molecule has 0 spiro atoms. The summed E-state index contributed by atoms with van der Waals surface area (Å²) in [6.07, 6.45) is 0.457. The molecular weight excluding hydrogens is 133 g/mol. The first-order valence-corrected chi connectivity index (χ1v) is 2.46. The summed E-state index contributed by atoms with van der Waals surface area (Å²) in [5.41, 5.74) is 4.79. The number of thiol groups is 1. The summed E-state index contributed by atoms with van der Waals surface area (Å²) < 4.78 is 0. The average molecular weight is 142 g/mol. The van der Waals surface area contributed by atoms with Gasteiger partial charge in [-0.05, 0) is 6.42 Å². The molecule has 1 atom stereocenters. The average Bonchev–Trinajstić information content (AvgIpc) is 1.65. The molecule has 0 aliphatic heterocycles. The molecule has 43 valence electrons. The molecule has 0 saturated carbocycles. The second-order valence-electron chi connectivity index (χ2n) is 1.21. The van der Waals surface area contributed by atoms with E-state index in [9.17, 15) is 4.79 Å². The summed E-state index contributed by atoms with van der Waals surface area (Å²) in [7, 11) is 0. The van der Waals surface area contributed by atoms with E-state index in [2.05, 4.69) is 19.6 Å². The Balaban J connectivity index is 0. The Morgan fingerprint density at radius 2 is 2.25 bits per heavy atom. The van der Waals surface area contributed by atoms with Crippen LogP contribution in [0.3, 0.4) is 0 Å². The van der Waals surface area contributed by atoms with Gasteiger partial charge in [-0.1, -0.05) is 6.92 Å². The molecule has 2 N–H and O–H groups in total. The first kappa shape index (κ1) is 11.6. The molecule has 0 aliphatic rings. The molecule has 0 aromatic carbocycles. The van der Waals surface area contributed by atoms with Gasteiger partial charge in [-0.3, -0.25) is 4.79 Å². The molecule has 2 nitrogen and oxygen atoms in total. The maximum atomic E-state index is 10.0. The fourth-order valence-electron chi connectivity index (χ4n) is 0.142. The van der Waals surface area contributed by atoms with Crippen LogP contribution in [-0.2, 0) is 4.79 Å². The van der Waals surface area contributed by atoms with Gasteiger partial charge in [-0.15, -0.1) is 0 Å². The normalized spacial score (nSPS) is 11.8. The van der Waals surface area contributed by atoms with Crippen molar-refractivity contribution in [2.45, 2.75) is 11.7 Å². The van der Waals surface area contributed by atoms with E-state index in [-0.39, 0.29) is 34.8 Å². The molecule has 8 heavy (non-hydrogen) atoms. The van der Waals surface area contributed by atoms with Crippen LogP contribution >= 0.6 is 12.6 Å². The first-order chi connectivity index (χ1) is 3.18. The van der Waals surface area contributed by atoms with E-state index in [1.54, 1.807) is 0 Å². The number of rotatable bonds is 2. The monoisotopic (exact) mass is 142 g/mol. The zero-order valence-electron chi connectivity index (χ0n) is 3.92. The molecule has 1 radical (unpaired) electrons. The van der Waals surface area contributed by atoms with E-state index in [1.165, 1.54) is 0 Å². The van der Waals surface area contributed by atoms with Crippen molar-refractivity contribution in [1.82, 2.24) is 0 Å². The second kappa shape index (κ2) is 5.95. The second-order valence-corrected chi connectivity index (χ2v) is 1.83. The van der Waals surface area contributed by atoms with E-state index >= 15 is 0 Å². The Bertz CT molecular complexity index is 78.4. The Labute approximate surface area is 76.9 Å². The minimum atomic E-state index is -0.404. The number of primary amides is 1. The van der Waals surface area contributed by atoms with Crippen molar-refractivity contribution in [3.8, 4) is 0 Å². The van der Waals surface area contributed by atoms with Gasteiger partial charge in [-0.25, -0.2) is 0 Å². The van der Waals surface area contributed by atoms with Crippen LogP contribution in [0, 0.1) is 6.92 Å².